The van der Waals surface area contributed by atoms with Crippen molar-refractivity contribution in [2.24, 2.45) is 0 Å². The first-order valence-electron chi connectivity index (χ1n) is 13.0. The van der Waals surface area contributed by atoms with Crippen LogP contribution in [0.25, 0.3) is 10.9 Å². The van der Waals surface area contributed by atoms with Gasteiger partial charge in [0.2, 0.25) is 0 Å². The number of benzene rings is 2. The fraction of sp³-hybridized carbons (Fsp3) is 0.345. The second-order valence-corrected chi connectivity index (χ2v) is 9.26. The molecule has 4 aromatic rings. The Bertz CT molecular complexity index is 1220. The molecule has 0 radical (unpaired) electrons. The lowest BCUT2D eigenvalue weighted by Gasteiger charge is -2.26. The van der Waals surface area contributed by atoms with Crippen LogP contribution in [-0.4, -0.2) is 60.8 Å². The summed E-state index contributed by atoms with van der Waals surface area (Å²) in [5, 5.41) is 11.9. The molecule has 1 aliphatic heterocycles. The number of para-hydroxylation sites is 1. The van der Waals surface area contributed by atoms with Gasteiger partial charge in [0, 0.05) is 66.5 Å². The van der Waals surface area contributed by atoms with Crippen molar-refractivity contribution in [1.29, 1.82) is 0 Å². The molecular formula is C29H36N6O. The fourth-order valence-corrected chi connectivity index (χ4v) is 4.64. The number of ether oxygens (including phenoxy) is 1. The van der Waals surface area contributed by atoms with Crippen LogP contribution in [0.15, 0.2) is 73.1 Å². The zero-order valence-corrected chi connectivity index (χ0v) is 20.8. The first kappa shape index (κ1) is 24.3. The first-order chi connectivity index (χ1) is 17.8. The second-order valence-electron chi connectivity index (χ2n) is 9.26. The molecule has 1 fully saturated rings. The van der Waals surface area contributed by atoms with E-state index in [4.69, 9.17) is 4.74 Å². The highest BCUT2D eigenvalue weighted by atomic mass is 16.5. The number of hydrogen-bond donors (Lipinski definition) is 4. The molecule has 0 atom stereocenters. The lowest BCUT2D eigenvalue weighted by atomic mass is 10.1. The summed E-state index contributed by atoms with van der Waals surface area (Å²) in [5.41, 5.74) is 6.82. The Balaban J connectivity index is 1.04. The van der Waals surface area contributed by atoms with Crippen molar-refractivity contribution in [3.05, 3.63) is 84.3 Å². The van der Waals surface area contributed by atoms with Crippen molar-refractivity contribution in [2.75, 3.05) is 56.6 Å². The van der Waals surface area contributed by atoms with Crippen LogP contribution in [0.2, 0.25) is 0 Å². The predicted molar refractivity (Wildman–Crippen MR) is 148 cm³/mol. The van der Waals surface area contributed by atoms with Crippen LogP contribution in [0.5, 0.6) is 0 Å². The molecule has 1 aliphatic rings. The largest absolute Gasteiger partial charge is 0.385 e. The van der Waals surface area contributed by atoms with Crippen molar-refractivity contribution >= 4 is 28.0 Å². The molecule has 0 spiro atoms. The molecule has 7 heteroatoms. The number of rotatable bonds is 12. The van der Waals surface area contributed by atoms with Crippen LogP contribution in [0.4, 0.5) is 17.1 Å². The molecule has 0 amide bonds. The van der Waals surface area contributed by atoms with Gasteiger partial charge in [0.1, 0.15) is 0 Å². The number of anilines is 3. The number of aromatic nitrogens is 2. The molecule has 36 heavy (non-hydrogen) atoms. The minimum absolute atomic E-state index is 0.776. The summed E-state index contributed by atoms with van der Waals surface area (Å²) in [4.78, 5) is 10.3. The molecule has 2 aromatic carbocycles. The fourth-order valence-electron chi connectivity index (χ4n) is 4.64. The molecular weight excluding hydrogens is 448 g/mol. The number of aromatic amines is 1. The summed E-state index contributed by atoms with van der Waals surface area (Å²) in [7, 11) is 0. The minimum Gasteiger partial charge on any atom is -0.385 e. The summed E-state index contributed by atoms with van der Waals surface area (Å²) < 4.78 is 5.41. The summed E-state index contributed by atoms with van der Waals surface area (Å²) >= 11 is 0. The highest BCUT2D eigenvalue weighted by Crippen LogP contribution is 2.21. The summed E-state index contributed by atoms with van der Waals surface area (Å²) in [6.07, 6.45) is 6.10. The van der Waals surface area contributed by atoms with Crippen molar-refractivity contribution in [3.8, 4) is 0 Å². The molecule has 0 unspecified atom stereocenters. The Morgan fingerprint density at radius 1 is 0.917 bits per heavy atom. The van der Waals surface area contributed by atoms with E-state index in [0.717, 1.165) is 88.1 Å². The van der Waals surface area contributed by atoms with Gasteiger partial charge in [-0.2, -0.15) is 0 Å². The molecule has 0 aliphatic carbocycles. The first-order valence-corrected chi connectivity index (χ1v) is 13.0. The van der Waals surface area contributed by atoms with Crippen LogP contribution in [0.3, 0.4) is 0 Å². The van der Waals surface area contributed by atoms with Gasteiger partial charge in [0.05, 0.1) is 18.9 Å². The Labute approximate surface area is 213 Å². The third-order valence-electron chi connectivity index (χ3n) is 6.63. The van der Waals surface area contributed by atoms with Gasteiger partial charge in [-0.3, -0.25) is 9.88 Å². The molecule has 5 rings (SSSR count). The molecule has 0 bridgehead atoms. The van der Waals surface area contributed by atoms with Crippen LogP contribution in [-0.2, 0) is 17.7 Å². The van der Waals surface area contributed by atoms with Gasteiger partial charge >= 0.3 is 0 Å². The lowest BCUT2D eigenvalue weighted by Crippen LogP contribution is -2.37. The maximum Gasteiger partial charge on any atom is 0.0594 e. The third-order valence-corrected chi connectivity index (χ3v) is 6.63. The molecule has 7 nitrogen and oxygen atoms in total. The molecule has 4 N–H and O–H groups in total. The maximum atomic E-state index is 5.41. The number of nitrogens with zero attached hydrogens (tertiary/aromatic N) is 2. The van der Waals surface area contributed by atoms with E-state index in [-0.39, 0.29) is 0 Å². The average Bonchev–Trinajstić information content (AvgIpc) is 3.33. The Morgan fingerprint density at radius 2 is 1.75 bits per heavy atom. The molecule has 188 valence electrons. The van der Waals surface area contributed by atoms with E-state index in [1.165, 1.54) is 16.5 Å². The zero-order chi connectivity index (χ0) is 24.4. The normalized spacial score (nSPS) is 14.2. The number of morpholine rings is 1. The highest BCUT2D eigenvalue weighted by molar-refractivity contribution is 5.83. The Hall–Kier alpha value is -3.39. The summed E-state index contributed by atoms with van der Waals surface area (Å²) in [5.74, 6) is 0. The number of nitrogens with one attached hydrogen (secondary N) is 4. The third kappa shape index (κ3) is 6.85. The predicted octanol–water partition coefficient (Wildman–Crippen LogP) is 4.77. The zero-order valence-electron chi connectivity index (χ0n) is 20.8. The SMILES string of the molecule is c1ccc2c(CCNc3ccc(Nc4ccnc(CNCCCN5CCOCC5)c4)cc3)c[nH]c2c1. The van der Waals surface area contributed by atoms with Crippen LogP contribution in [0.1, 0.15) is 17.7 Å². The standard InChI is InChI=1S/C29H36N6O/c1-2-5-29-28(4-1)23(21-33-29)10-13-31-24-6-8-25(9-7-24)34-26-11-14-32-27(20-26)22-30-12-3-15-35-16-18-36-19-17-35/h1-2,4-9,11,14,20-21,30-31,33H,3,10,12-13,15-19,22H2,(H,32,34). The average molecular weight is 485 g/mol. The smallest absolute Gasteiger partial charge is 0.0594 e. The van der Waals surface area contributed by atoms with E-state index >= 15 is 0 Å². The lowest BCUT2D eigenvalue weighted by molar-refractivity contribution is 0.0374. The van der Waals surface area contributed by atoms with Crippen molar-refractivity contribution < 1.29 is 4.74 Å². The number of hydrogen-bond acceptors (Lipinski definition) is 6. The van der Waals surface area contributed by atoms with E-state index in [9.17, 15) is 0 Å². The van der Waals surface area contributed by atoms with Gasteiger partial charge in [-0.1, -0.05) is 18.2 Å². The van der Waals surface area contributed by atoms with Gasteiger partial charge in [0.15, 0.2) is 0 Å². The van der Waals surface area contributed by atoms with Gasteiger partial charge < -0.3 is 25.7 Å². The van der Waals surface area contributed by atoms with E-state index in [0.29, 0.717) is 0 Å². The van der Waals surface area contributed by atoms with E-state index in [1.54, 1.807) is 0 Å². The second kappa shape index (κ2) is 12.5. The summed E-state index contributed by atoms with van der Waals surface area (Å²) in [6, 6.07) is 21.0. The molecule has 2 aromatic heterocycles. The van der Waals surface area contributed by atoms with Gasteiger partial charge in [-0.05, 0) is 74.0 Å². The number of pyridine rings is 1. The molecule has 3 heterocycles. The summed E-state index contributed by atoms with van der Waals surface area (Å²) in [6.45, 7) is 7.61. The van der Waals surface area contributed by atoms with Crippen LogP contribution >= 0.6 is 0 Å². The van der Waals surface area contributed by atoms with Gasteiger partial charge in [0.25, 0.3) is 0 Å². The van der Waals surface area contributed by atoms with E-state index in [2.05, 4.69) is 91.6 Å². The molecule has 1 saturated heterocycles. The molecule has 0 saturated carbocycles. The number of fused-ring (bicyclic) bond motifs is 1. The van der Waals surface area contributed by atoms with Gasteiger partial charge in [-0.15, -0.1) is 0 Å². The highest BCUT2D eigenvalue weighted by Gasteiger charge is 2.09. The quantitative estimate of drug-likeness (QED) is 0.217. The Kier molecular flexibility index (Phi) is 8.46. The van der Waals surface area contributed by atoms with E-state index in [1.807, 2.05) is 12.3 Å². The number of H-pyrrole nitrogens is 1. The van der Waals surface area contributed by atoms with Gasteiger partial charge in [-0.25, -0.2) is 0 Å². The van der Waals surface area contributed by atoms with E-state index < -0.39 is 0 Å². The van der Waals surface area contributed by atoms with Crippen molar-refractivity contribution in [3.63, 3.8) is 0 Å². The Morgan fingerprint density at radius 3 is 2.64 bits per heavy atom. The maximum absolute atomic E-state index is 5.41. The van der Waals surface area contributed by atoms with Crippen LogP contribution < -0.4 is 16.0 Å². The monoisotopic (exact) mass is 484 g/mol. The van der Waals surface area contributed by atoms with Crippen molar-refractivity contribution in [1.82, 2.24) is 20.2 Å². The van der Waals surface area contributed by atoms with Crippen molar-refractivity contribution in [2.45, 2.75) is 19.4 Å². The van der Waals surface area contributed by atoms with Crippen LogP contribution in [0, 0.1) is 0 Å². The topological polar surface area (TPSA) is 77.2 Å². The minimum atomic E-state index is 0.776.